The molecule has 1 atom stereocenters. The standard InChI is InChI=1S/C17H23N3/c1-11-7-8-12(2)14(10-11)16-13(3)19-17(20-16)15-6-4-5-9-18-15/h7-8,10,15,18H,4-6,9H2,1-3H3,(H,19,20). The fraction of sp³-hybridized carbons (Fsp3) is 0.471. The second-order valence-corrected chi connectivity index (χ2v) is 5.92. The van der Waals surface area contributed by atoms with Gasteiger partial charge in [-0.05, 0) is 51.8 Å². The van der Waals surface area contributed by atoms with Crippen molar-refractivity contribution >= 4 is 0 Å². The van der Waals surface area contributed by atoms with Crippen molar-refractivity contribution in [1.82, 2.24) is 15.3 Å². The van der Waals surface area contributed by atoms with E-state index in [1.165, 1.54) is 41.6 Å². The van der Waals surface area contributed by atoms with E-state index in [2.05, 4.69) is 49.3 Å². The van der Waals surface area contributed by atoms with Crippen molar-refractivity contribution in [3.05, 3.63) is 40.8 Å². The molecule has 3 rings (SSSR count). The fourth-order valence-corrected chi connectivity index (χ4v) is 2.99. The first-order valence-corrected chi connectivity index (χ1v) is 7.52. The fourth-order valence-electron chi connectivity index (χ4n) is 2.99. The lowest BCUT2D eigenvalue weighted by atomic mass is 10.0. The lowest BCUT2D eigenvalue weighted by Crippen LogP contribution is -2.27. The van der Waals surface area contributed by atoms with Crippen molar-refractivity contribution in [2.45, 2.75) is 46.1 Å². The quantitative estimate of drug-likeness (QED) is 0.870. The van der Waals surface area contributed by atoms with Gasteiger partial charge in [-0.15, -0.1) is 0 Å². The molecule has 0 saturated carbocycles. The minimum Gasteiger partial charge on any atom is -0.344 e. The van der Waals surface area contributed by atoms with Gasteiger partial charge in [0.05, 0.1) is 11.7 Å². The Bertz CT molecular complexity index is 607. The largest absolute Gasteiger partial charge is 0.344 e. The molecular weight excluding hydrogens is 246 g/mol. The molecule has 1 unspecified atom stereocenters. The maximum Gasteiger partial charge on any atom is 0.124 e. The zero-order valence-electron chi connectivity index (χ0n) is 12.6. The molecule has 1 aromatic carbocycles. The molecule has 1 fully saturated rings. The van der Waals surface area contributed by atoms with Gasteiger partial charge in [-0.3, -0.25) is 0 Å². The summed E-state index contributed by atoms with van der Waals surface area (Å²) in [7, 11) is 0. The summed E-state index contributed by atoms with van der Waals surface area (Å²) in [4.78, 5) is 8.37. The zero-order valence-corrected chi connectivity index (χ0v) is 12.6. The van der Waals surface area contributed by atoms with Crippen LogP contribution in [0.3, 0.4) is 0 Å². The Labute approximate surface area is 120 Å². The van der Waals surface area contributed by atoms with Crippen LogP contribution >= 0.6 is 0 Å². The summed E-state index contributed by atoms with van der Waals surface area (Å²) in [5.74, 6) is 1.10. The van der Waals surface area contributed by atoms with Gasteiger partial charge in [0, 0.05) is 11.3 Å². The molecular formula is C17H23N3. The summed E-state index contributed by atoms with van der Waals surface area (Å²) in [5, 5.41) is 3.56. The van der Waals surface area contributed by atoms with Crippen molar-refractivity contribution in [1.29, 1.82) is 0 Å². The van der Waals surface area contributed by atoms with Crippen LogP contribution in [0.4, 0.5) is 0 Å². The van der Waals surface area contributed by atoms with E-state index in [-0.39, 0.29) is 0 Å². The summed E-state index contributed by atoms with van der Waals surface area (Å²) < 4.78 is 0. The van der Waals surface area contributed by atoms with Gasteiger partial charge in [0.2, 0.25) is 0 Å². The van der Waals surface area contributed by atoms with Crippen LogP contribution in [0.25, 0.3) is 11.3 Å². The molecule has 20 heavy (non-hydrogen) atoms. The van der Waals surface area contributed by atoms with Crippen LogP contribution < -0.4 is 5.32 Å². The summed E-state index contributed by atoms with van der Waals surface area (Å²) >= 11 is 0. The first-order chi connectivity index (χ1) is 9.65. The van der Waals surface area contributed by atoms with Gasteiger partial charge in [-0.25, -0.2) is 4.98 Å². The lowest BCUT2D eigenvalue weighted by Gasteiger charge is -2.21. The molecule has 3 nitrogen and oxygen atoms in total. The summed E-state index contributed by atoms with van der Waals surface area (Å²) in [6, 6.07) is 6.96. The SMILES string of the molecule is Cc1ccc(C)c(-c2nc(C3CCCCN3)[nH]c2C)c1. The van der Waals surface area contributed by atoms with Gasteiger partial charge in [-0.2, -0.15) is 0 Å². The van der Waals surface area contributed by atoms with E-state index in [1.54, 1.807) is 0 Å². The number of hydrogen-bond acceptors (Lipinski definition) is 2. The Kier molecular flexibility index (Phi) is 3.62. The maximum absolute atomic E-state index is 4.89. The second kappa shape index (κ2) is 5.41. The van der Waals surface area contributed by atoms with E-state index in [4.69, 9.17) is 4.98 Å². The van der Waals surface area contributed by atoms with Crippen LogP contribution in [0.1, 0.15) is 47.9 Å². The van der Waals surface area contributed by atoms with E-state index in [0.717, 1.165) is 18.1 Å². The van der Waals surface area contributed by atoms with Crippen molar-refractivity contribution in [3.63, 3.8) is 0 Å². The molecule has 3 heteroatoms. The third kappa shape index (κ3) is 2.50. The highest BCUT2D eigenvalue weighted by Crippen LogP contribution is 2.29. The average Bonchev–Trinajstić information content (AvgIpc) is 2.84. The van der Waals surface area contributed by atoms with Gasteiger partial charge in [0.25, 0.3) is 0 Å². The molecule has 1 aliphatic rings. The second-order valence-electron chi connectivity index (χ2n) is 5.92. The van der Waals surface area contributed by atoms with Gasteiger partial charge < -0.3 is 10.3 Å². The molecule has 1 aliphatic heterocycles. The number of benzene rings is 1. The van der Waals surface area contributed by atoms with Crippen molar-refractivity contribution < 1.29 is 0 Å². The van der Waals surface area contributed by atoms with Gasteiger partial charge in [0.1, 0.15) is 5.82 Å². The molecule has 0 amide bonds. The summed E-state index contributed by atoms with van der Waals surface area (Å²) in [5.41, 5.74) is 6.09. The number of H-pyrrole nitrogens is 1. The normalized spacial score (nSPS) is 19.2. The smallest absolute Gasteiger partial charge is 0.124 e. The number of aromatic nitrogens is 2. The van der Waals surface area contributed by atoms with Crippen molar-refractivity contribution in [2.24, 2.45) is 0 Å². The topological polar surface area (TPSA) is 40.7 Å². The minimum absolute atomic E-state index is 0.390. The van der Waals surface area contributed by atoms with E-state index in [1.807, 2.05) is 0 Å². The highest BCUT2D eigenvalue weighted by atomic mass is 15.0. The number of aromatic amines is 1. The molecule has 0 bridgehead atoms. The van der Waals surface area contributed by atoms with Gasteiger partial charge in [0.15, 0.2) is 0 Å². The van der Waals surface area contributed by atoms with Crippen molar-refractivity contribution in [3.8, 4) is 11.3 Å². The zero-order chi connectivity index (χ0) is 14.1. The highest BCUT2D eigenvalue weighted by Gasteiger charge is 2.20. The van der Waals surface area contributed by atoms with Crippen LogP contribution in [-0.4, -0.2) is 16.5 Å². The molecule has 1 aromatic heterocycles. The highest BCUT2D eigenvalue weighted by molar-refractivity contribution is 5.66. The Morgan fingerprint density at radius 2 is 2.00 bits per heavy atom. The van der Waals surface area contributed by atoms with Crippen LogP contribution in [-0.2, 0) is 0 Å². The van der Waals surface area contributed by atoms with Gasteiger partial charge >= 0.3 is 0 Å². The third-order valence-electron chi connectivity index (χ3n) is 4.19. The molecule has 0 radical (unpaired) electrons. The van der Waals surface area contributed by atoms with E-state index in [9.17, 15) is 0 Å². The number of nitrogens with one attached hydrogen (secondary N) is 2. The number of piperidine rings is 1. The lowest BCUT2D eigenvalue weighted by molar-refractivity contribution is 0.399. The molecule has 0 spiro atoms. The molecule has 0 aliphatic carbocycles. The van der Waals surface area contributed by atoms with Crippen LogP contribution in [0.15, 0.2) is 18.2 Å². The van der Waals surface area contributed by atoms with Gasteiger partial charge in [-0.1, -0.05) is 24.1 Å². The Morgan fingerprint density at radius 3 is 2.75 bits per heavy atom. The summed E-state index contributed by atoms with van der Waals surface area (Å²) in [6.45, 7) is 7.51. The minimum atomic E-state index is 0.390. The maximum atomic E-state index is 4.89. The molecule has 2 aromatic rings. The Hall–Kier alpha value is -1.61. The number of nitrogens with zero attached hydrogens (tertiary/aromatic N) is 1. The monoisotopic (exact) mass is 269 g/mol. The predicted octanol–water partition coefficient (Wildman–Crippen LogP) is 3.82. The number of rotatable bonds is 2. The summed E-state index contributed by atoms with van der Waals surface area (Å²) in [6.07, 6.45) is 3.75. The van der Waals surface area contributed by atoms with Crippen LogP contribution in [0.2, 0.25) is 0 Å². The van der Waals surface area contributed by atoms with Crippen LogP contribution in [0.5, 0.6) is 0 Å². The first-order valence-electron chi connectivity index (χ1n) is 7.52. The molecule has 106 valence electrons. The Morgan fingerprint density at radius 1 is 1.15 bits per heavy atom. The van der Waals surface area contributed by atoms with E-state index in [0.29, 0.717) is 6.04 Å². The van der Waals surface area contributed by atoms with Crippen LogP contribution in [0, 0.1) is 20.8 Å². The number of imidazole rings is 1. The average molecular weight is 269 g/mol. The number of hydrogen-bond donors (Lipinski definition) is 2. The molecule has 1 saturated heterocycles. The Balaban J connectivity index is 1.98. The number of aryl methyl sites for hydroxylation is 3. The molecule has 2 N–H and O–H groups in total. The van der Waals surface area contributed by atoms with E-state index < -0.39 is 0 Å². The predicted molar refractivity (Wildman–Crippen MR) is 82.8 cm³/mol. The molecule has 2 heterocycles. The third-order valence-corrected chi connectivity index (χ3v) is 4.19. The van der Waals surface area contributed by atoms with Crippen molar-refractivity contribution in [2.75, 3.05) is 6.54 Å². The first kappa shape index (κ1) is 13.4. The van der Waals surface area contributed by atoms with E-state index >= 15 is 0 Å².